The zero-order chi connectivity index (χ0) is 52.2. The lowest BCUT2D eigenvalue weighted by molar-refractivity contribution is 0.943. The second-order valence-corrected chi connectivity index (χ2v) is 21.5. The van der Waals surface area contributed by atoms with Crippen LogP contribution < -0.4 is 0 Å². The van der Waals surface area contributed by atoms with Crippen molar-refractivity contribution in [2.24, 2.45) is 0 Å². The van der Waals surface area contributed by atoms with Crippen molar-refractivity contribution in [3.63, 3.8) is 0 Å². The molecule has 3 unspecified atom stereocenters. The monoisotopic (exact) mass is 1000 g/mol. The maximum Gasteiger partial charge on any atom is 0.0358 e. The van der Waals surface area contributed by atoms with E-state index in [1.54, 1.807) is 0 Å². The predicted octanol–water partition coefficient (Wildman–Crippen LogP) is 20.8. The van der Waals surface area contributed by atoms with E-state index in [1.165, 1.54) is 138 Å². The van der Waals surface area contributed by atoms with Gasteiger partial charge in [0, 0.05) is 17.8 Å². The molecule has 0 aliphatic heterocycles. The summed E-state index contributed by atoms with van der Waals surface area (Å²) in [5.74, 6) is -0.0820. The molecule has 0 amide bonds. The molecule has 1 aliphatic carbocycles. The fourth-order valence-corrected chi connectivity index (χ4v) is 13.2. The van der Waals surface area contributed by atoms with Gasteiger partial charge in [0.05, 0.1) is 0 Å². The van der Waals surface area contributed by atoms with Crippen LogP contribution in [0.4, 0.5) is 0 Å². The van der Waals surface area contributed by atoms with E-state index in [0.29, 0.717) is 0 Å². The molecule has 0 aromatic heterocycles. The molecule has 14 aromatic rings. The van der Waals surface area contributed by atoms with Crippen molar-refractivity contribution in [2.45, 2.75) is 17.8 Å². The fourth-order valence-electron chi connectivity index (χ4n) is 13.2. The molecule has 0 radical (unpaired) electrons. The predicted molar refractivity (Wildman–Crippen MR) is 333 cm³/mol. The largest absolute Gasteiger partial charge is 0.0622 e. The van der Waals surface area contributed by atoms with Crippen LogP contribution in [0.5, 0.6) is 0 Å². The van der Waals surface area contributed by atoms with Crippen molar-refractivity contribution in [3.8, 4) is 44.5 Å². The van der Waals surface area contributed by atoms with Gasteiger partial charge in [-0.1, -0.05) is 303 Å². The smallest absolute Gasteiger partial charge is 0.0358 e. The minimum Gasteiger partial charge on any atom is -0.0622 e. The third-order valence-corrected chi connectivity index (χ3v) is 16.9. The van der Waals surface area contributed by atoms with E-state index < -0.39 is 0 Å². The fraction of sp³-hybridized carbons (Fsp3) is 0.0380. The first kappa shape index (κ1) is 46.4. The maximum atomic E-state index is 2.53. The van der Waals surface area contributed by atoms with Crippen LogP contribution in [0.1, 0.15) is 67.8 Å². The molecule has 0 fully saturated rings. The van der Waals surface area contributed by atoms with Gasteiger partial charge in [0.25, 0.3) is 0 Å². The van der Waals surface area contributed by atoms with Crippen LogP contribution >= 0.6 is 0 Å². The van der Waals surface area contributed by atoms with Crippen LogP contribution in [0.25, 0.3) is 87.6 Å². The third-order valence-electron chi connectivity index (χ3n) is 16.9. The molecule has 0 nitrogen and oxygen atoms in total. The molecule has 14 aromatic carbocycles. The second kappa shape index (κ2) is 19.6. The van der Waals surface area contributed by atoms with Gasteiger partial charge >= 0.3 is 0 Å². The summed E-state index contributed by atoms with van der Waals surface area (Å²) >= 11 is 0. The van der Waals surface area contributed by atoms with Gasteiger partial charge in [-0.2, -0.15) is 0 Å². The summed E-state index contributed by atoms with van der Waals surface area (Å²) in [7, 11) is 0. The summed E-state index contributed by atoms with van der Waals surface area (Å²) in [5.41, 5.74) is 21.5. The molecule has 0 N–H and O–H groups in total. The van der Waals surface area contributed by atoms with E-state index in [0.717, 1.165) is 0 Å². The van der Waals surface area contributed by atoms with E-state index in [1.807, 2.05) is 0 Å². The molecule has 0 heterocycles. The summed E-state index contributed by atoms with van der Waals surface area (Å²) in [5, 5.41) is 10.2. The average molecular weight is 1000 g/mol. The molecule has 0 saturated heterocycles. The van der Waals surface area contributed by atoms with E-state index in [4.69, 9.17) is 0 Å². The van der Waals surface area contributed by atoms with Gasteiger partial charge in [-0.3, -0.25) is 0 Å². The summed E-state index contributed by atoms with van der Waals surface area (Å²) in [4.78, 5) is 0. The lowest BCUT2D eigenvalue weighted by Crippen LogP contribution is -2.08. The SMILES string of the molecule is c1ccc(-c2ccc(C(c3cc(-c4ccc5c(c4)-c4c(c6ccccc6c6ccccc46)C5c4ccccc4)cc(C(c4ccc(-c5ccccc5)cc4)c4ccc5ccccc5c4)c3)c3ccc4ccccc4c3)cc2)cc1. The number of fused-ring (bicyclic) bond motifs is 10. The van der Waals surface area contributed by atoms with Gasteiger partial charge in [-0.15, -0.1) is 0 Å². The molecule has 0 saturated carbocycles. The first-order valence-corrected chi connectivity index (χ1v) is 27.7. The number of hydrogen-bond donors (Lipinski definition) is 0. The van der Waals surface area contributed by atoms with E-state index in [9.17, 15) is 0 Å². The lowest BCUT2D eigenvalue weighted by atomic mass is 9.78. The molecule has 0 spiro atoms. The van der Waals surface area contributed by atoms with Gasteiger partial charge in [0.2, 0.25) is 0 Å². The highest BCUT2D eigenvalue weighted by Gasteiger charge is 2.34. The highest BCUT2D eigenvalue weighted by Crippen LogP contribution is 2.55. The molecule has 79 heavy (non-hydrogen) atoms. The highest BCUT2D eigenvalue weighted by atomic mass is 14.4. The molecular formula is C79H54. The van der Waals surface area contributed by atoms with Crippen molar-refractivity contribution in [1.29, 1.82) is 0 Å². The standard InChI is InChI=1S/C79H54/c1-4-18-52(19-5-1)56-32-38-59(39-33-56)75(64-42-36-54-22-10-12-26-61(54)46-64)67-48-66(49-68(50-67)76(65-43-37-55-23-11-13-27-62(55)47-65)60-40-34-57(35-41-60)53-20-6-2-7-21-53)63-44-45-73-74(51-63)78-71-30-16-14-28-69(71)70-29-15-17-31-72(70)79(78)77(73)58-24-8-3-9-25-58/h1-51,75-77H. The Hall–Kier alpha value is -9.88. The van der Waals surface area contributed by atoms with Crippen molar-refractivity contribution in [3.05, 3.63) is 359 Å². The first-order valence-electron chi connectivity index (χ1n) is 27.7. The van der Waals surface area contributed by atoms with Gasteiger partial charge in [0.15, 0.2) is 0 Å². The minimum atomic E-state index is -0.0845. The minimum absolute atomic E-state index is 0.0845. The summed E-state index contributed by atoms with van der Waals surface area (Å²) < 4.78 is 0. The summed E-state index contributed by atoms with van der Waals surface area (Å²) in [6, 6.07) is 116. The van der Waals surface area contributed by atoms with Crippen molar-refractivity contribution >= 4 is 43.1 Å². The second-order valence-electron chi connectivity index (χ2n) is 21.5. The molecule has 0 bridgehead atoms. The number of rotatable bonds is 10. The van der Waals surface area contributed by atoms with Crippen LogP contribution in [0, 0.1) is 0 Å². The average Bonchev–Trinajstić information content (AvgIpc) is 4.08. The normalized spacial score (nSPS) is 13.6. The number of benzene rings is 14. The topological polar surface area (TPSA) is 0 Å². The lowest BCUT2D eigenvalue weighted by Gasteiger charge is -2.26. The van der Waals surface area contributed by atoms with Crippen LogP contribution in [0.2, 0.25) is 0 Å². The Morgan fingerprint density at radius 2 is 0.633 bits per heavy atom. The first-order chi connectivity index (χ1) is 39.2. The molecule has 1 aliphatic rings. The summed E-state index contributed by atoms with van der Waals surface area (Å²) in [6.45, 7) is 0. The van der Waals surface area contributed by atoms with Gasteiger partial charge in [0.1, 0.15) is 0 Å². The quantitative estimate of drug-likeness (QED) is 0.0946. The Kier molecular flexibility index (Phi) is 11.5. The maximum absolute atomic E-state index is 2.53. The van der Waals surface area contributed by atoms with Crippen molar-refractivity contribution in [2.75, 3.05) is 0 Å². The summed E-state index contributed by atoms with van der Waals surface area (Å²) in [6.07, 6.45) is 0. The Morgan fingerprint density at radius 3 is 1.16 bits per heavy atom. The van der Waals surface area contributed by atoms with E-state index in [2.05, 4.69) is 309 Å². The third kappa shape index (κ3) is 8.33. The number of hydrogen-bond acceptors (Lipinski definition) is 0. The molecule has 15 rings (SSSR count). The van der Waals surface area contributed by atoms with Crippen molar-refractivity contribution < 1.29 is 0 Å². The van der Waals surface area contributed by atoms with Crippen LogP contribution in [-0.2, 0) is 0 Å². The molecular weight excluding hydrogens is 949 g/mol. The molecule has 370 valence electrons. The molecule has 3 atom stereocenters. The van der Waals surface area contributed by atoms with Gasteiger partial charge in [-0.25, -0.2) is 0 Å². The van der Waals surface area contributed by atoms with Crippen molar-refractivity contribution in [1.82, 2.24) is 0 Å². The van der Waals surface area contributed by atoms with Crippen LogP contribution in [0.3, 0.4) is 0 Å². The van der Waals surface area contributed by atoms with E-state index >= 15 is 0 Å². The Labute approximate surface area is 462 Å². The van der Waals surface area contributed by atoms with Crippen LogP contribution in [-0.4, -0.2) is 0 Å². The Bertz CT molecular complexity index is 4390. The van der Waals surface area contributed by atoms with Crippen LogP contribution in [0.15, 0.2) is 309 Å². The van der Waals surface area contributed by atoms with E-state index in [-0.39, 0.29) is 17.8 Å². The Morgan fingerprint density at radius 1 is 0.228 bits per heavy atom. The zero-order valence-corrected chi connectivity index (χ0v) is 43.7. The van der Waals surface area contributed by atoms with Gasteiger partial charge in [-0.05, 0) is 144 Å². The zero-order valence-electron chi connectivity index (χ0n) is 43.7. The molecule has 0 heteroatoms. The Balaban J connectivity index is 0.994. The highest BCUT2D eigenvalue weighted by molar-refractivity contribution is 6.18. The van der Waals surface area contributed by atoms with Gasteiger partial charge < -0.3 is 0 Å².